The van der Waals surface area contributed by atoms with Crippen molar-refractivity contribution in [1.82, 2.24) is 4.90 Å². The van der Waals surface area contributed by atoms with Crippen LogP contribution in [0.25, 0.3) is 0 Å². The molecule has 2 saturated carbocycles. The van der Waals surface area contributed by atoms with Crippen LogP contribution in [0.5, 0.6) is 0 Å². The van der Waals surface area contributed by atoms with Gasteiger partial charge >= 0.3 is 0 Å². The third-order valence-corrected chi connectivity index (χ3v) is 4.32. The van der Waals surface area contributed by atoms with E-state index in [1.54, 1.807) is 0 Å². The number of aliphatic hydroxyl groups excluding tert-OH is 1. The number of hydrogen-bond donors (Lipinski definition) is 1. The van der Waals surface area contributed by atoms with E-state index in [1.165, 1.54) is 25.7 Å². The summed E-state index contributed by atoms with van der Waals surface area (Å²) in [6.07, 6.45) is 8.82. The van der Waals surface area contributed by atoms with Gasteiger partial charge in [-0.25, -0.2) is 0 Å². The van der Waals surface area contributed by atoms with E-state index in [2.05, 4.69) is 0 Å². The Labute approximate surface area is 104 Å². The molecule has 3 nitrogen and oxygen atoms in total. The fourth-order valence-electron chi connectivity index (χ4n) is 3.16. The summed E-state index contributed by atoms with van der Waals surface area (Å²) >= 11 is 0. The molecule has 98 valence electrons. The lowest BCUT2D eigenvalue weighted by Crippen LogP contribution is -2.41. The molecule has 1 amide bonds. The molecule has 0 aromatic rings. The molecule has 0 unspecified atom stereocenters. The van der Waals surface area contributed by atoms with Gasteiger partial charge in [-0.2, -0.15) is 0 Å². The van der Waals surface area contributed by atoms with Gasteiger partial charge in [0.15, 0.2) is 0 Å². The first-order chi connectivity index (χ1) is 8.16. The van der Waals surface area contributed by atoms with Gasteiger partial charge in [-0.3, -0.25) is 4.79 Å². The zero-order chi connectivity index (χ0) is 12.3. The molecular weight excluding hydrogens is 214 g/mol. The zero-order valence-corrected chi connectivity index (χ0v) is 10.9. The summed E-state index contributed by atoms with van der Waals surface area (Å²) in [5.74, 6) is 1.14. The first-order valence-electron chi connectivity index (χ1n) is 7.10. The van der Waals surface area contributed by atoms with Crippen molar-refractivity contribution >= 4 is 5.91 Å². The molecule has 2 rings (SSSR count). The van der Waals surface area contributed by atoms with Crippen molar-refractivity contribution in [2.24, 2.45) is 11.8 Å². The fraction of sp³-hybridized carbons (Fsp3) is 0.929. The van der Waals surface area contributed by atoms with Gasteiger partial charge in [0.2, 0.25) is 5.91 Å². The Bertz CT molecular complexity index is 253. The van der Waals surface area contributed by atoms with Crippen molar-refractivity contribution in [2.75, 3.05) is 13.6 Å². The van der Waals surface area contributed by atoms with Gasteiger partial charge in [0, 0.05) is 19.5 Å². The van der Waals surface area contributed by atoms with E-state index in [4.69, 9.17) is 0 Å². The minimum absolute atomic E-state index is 0.110. The normalized spacial score (nSPS) is 30.5. The third-order valence-electron chi connectivity index (χ3n) is 4.32. The highest BCUT2D eigenvalue weighted by Crippen LogP contribution is 2.29. The number of nitrogens with zero attached hydrogens (tertiary/aromatic N) is 1. The molecule has 2 aliphatic rings. The van der Waals surface area contributed by atoms with Gasteiger partial charge in [-0.15, -0.1) is 0 Å². The van der Waals surface area contributed by atoms with Crippen LogP contribution in [0.2, 0.25) is 0 Å². The van der Waals surface area contributed by atoms with Crippen molar-refractivity contribution < 1.29 is 9.90 Å². The van der Waals surface area contributed by atoms with E-state index in [0.29, 0.717) is 11.8 Å². The van der Waals surface area contributed by atoms with Crippen LogP contribution in [-0.4, -0.2) is 35.6 Å². The lowest BCUT2D eigenvalue weighted by atomic mass is 9.82. The Morgan fingerprint density at radius 3 is 2.29 bits per heavy atom. The highest BCUT2D eigenvalue weighted by molar-refractivity contribution is 5.78. The Morgan fingerprint density at radius 2 is 1.76 bits per heavy atom. The third kappa shape index (κ3) is 3.44. The summed E-state index contributed by atoms with van der Waals surface area (Å²) in [7, 11) is 1.93. The first-order valence-corrected chi connectivity index (χ1v) is 7.10. The van der Waals surface area contributed by atoms with Crippen molar-refractivity contribution in [2.45, 2.75) is 57.5 Å². The fourth-order valence-corrected chi connectivity index (χ4v) is 3.16. The molecule has 0 spiro atoms. The summed E-state index contributed by atoms with van der Waals surface area (Å²) < 4.78 is 0. The standard InChI is InChI=1S/C14H25NO2/c1-15(10-11-8-13(16)9-11)14(17)12-6-4-2-3-5-7-12/h11-13,16H,2-10H2,1H3. The largest absolute Gasteiger partial charge is 0.393 e. The van der Waals surface area contributed by atoms with Crippen LogP contribution in [0.4, 0.5) is 0 Å². The molecule has 0 aromatic heterocycles. The Morgan fingerprint density at radius 1 is 1.18 bits per heavy atom. The lowest BCUT2D eigenvalue weighted by molar-refractivity contribution is -0.136. The Kier molecular flexibility index (Phi) is 4.43. The Balaban J connectivity index is 1.77. The smallest absolute Gasteiger partial charge is 0.225 e. The van der Waals surface area contributed by atoms with E-state index in [0.717, 1.165) is 32.2 Å². The summed E-state index contributed by atoms with van der Waals surface area (Å²) in [5.41, 5.74) is 0. The predicted molar refractivity (Wildman–Crippen MR) is 67.6 cm³/mol. The zero-order valence-electron chi connectivity index (χ0n) is 10.9. The highest BCUT2D eigenvalue weighted by atomic mass is 16.3. The van der Waals surface area contributed by atoms with Gasteiger partial charge in [0.1, 0.15) is 0 Å². The van der Waals surface area contributed by atoms with Crippen LogP contribution in [-0.2, 0) is 4.79 Å². The summed E-state index contributed by atoms with van der Waals surface area (Å²) in [6.45, 7) is 0.840. The average molecular weight is 239 g/mol. The maximum Gasteiger partial charge on any atom is 0.225 e. The molecule has 2 fully saturated rings. The van der Waals surface area contributed by atoms with E-state index >= 15 is 0 Å². The molecule has 0 aromatic carbocycles. The van der Waals surface area contributed by atoms with Crippen LogP contribution in [0, 0.1) is 11.8 Å². The molecule has 0 bridgehead atoms. The molecule has 1 N–H and O–H groups in total. The topological polar surface area (TPSA) is 40.5 Å². The molecule has 0 saturated heterocycles. The second kappa shape index (κ2) is 5.85. The van der Waals surface area contributed by atoms with E-state index in [9.17, 15) is 9.90 Å². The predicted octanol–water partition coefficient (Wildman–Crippen LogP) is 2.19. The number of rotatable bonds is 3. The van der Waals surface area contributed by atoms with Crippen LogP contribution in [0.3, 0.4) is 0 Å². The van der Waals surface area contributed by atoms with Crippen LogP contribution < -0.4 is 0 Å². The maximum absolute atomic E-state index is 12.3. The van der Waals surface area contributed by atoms with E-state index in [-0.39, 0.29) is 12.0 Å². The van der Waals surface area contributed by atoms with E-state index < -0.39 is 0 Å². The SMILES string of the molecule is CN(CC1CC(O)C1)C(=O)C1CCCCCC1. The van der Waals surface area contributed by atoms with Crippen molar-refractivity contribution in [1.29, 1.82) is 0 Å². The van der Waals surface area contributed by atoms with Crippen molar-refractivity contribution in [3.05, 3.63) is 0 Å². The monoisotopic (exact) mass is 239 g/mol. The minimum atomic E-state index is -0.110. The number of hydrogen-bond acceptors (Lipinski definition) is 2. The minimum Gasteiger partial charge on any atom is -0.393 e. The van der Waals surface area contributed by atoms with Gasteiger partial charge in [-0.1, -0.05) is 25.7 Å². The highest BCUT2D eigenvalue weighted by Gasteiger charge is 2.30. The van der Waals surface area contributed by atoms with Gasteiger partial charge in [0.05, 0.1) is 6.10 Å². The van der Waals surface area contributed by atoms with Crippen molar-refractivity contribution in [3.63, 3.8) is 0 Å². The average Bonchev–Trinajstić information content (AvgIpc) is 2.54. The van der Waals surface area contributed by atoms with Crippen LogP contribution in [0.1, 0.15) is 51.4 Å². The van der Waals surface area contributed by atoms with Gasteiger partial charge < -0.3 is 10.0 Å². The van der Waals surface area contributed by atoms with Crippen molar-refractivity contribution in [3.8, 4) is 0 Å². The maximum atomic E-state index is 12.3. The molecule has 17 heavy (non-hydrogen) atoms. The lowest BCUT2D eigenvalue weighted by Gasteiger charge is -2.35. The van der Waals surface area contributed by atoms with Crippen LogP contribution >= 0.6 is 0 Å². The number of carbonyl (C=O) groups is 1. The number of amides is 1. The number of carbonyl (C=O) groups excluding carboxylic acids is 1. The summed E-state index contributed by atoms with van der Waals surface area (Å²) in [5, 5.41) is 9.25. The molecule has 0 heterocycles. The second-order valence-electron chi connectivity index (χ2n) is 5.90. The van der Waals surface area contributed by atoms with Gasteiger partial charge in [0.25, 0.3) is 0 Å². The van der Waals surface area contributed by atoms with Crippen LogP contribution in [0.15, 0.2) is 0 Å². The van der Waals surface area contributed by atoms with E-state index in [1.807, 2.05) is 11.9 Å². The molecule has 3 heteroatoms. The summed E-state index contributed by atoms with van der Waals surface area (Å²) in [4.78, 5) is 14.2. The first kappa shape index (κ1) is 12.9. The Hall–Kier alpha value is -0.570. The number of aliphatic hydroxyl groups is 1. The molecular formula is C14H25NO2. The molecule has 0 aliphatic heterocycles. The molecule has 2 aliphatic carbocycles. The molecule has 0 atom stereocenters. The molecule has 0 radical (unpaired) electrons. The van der Waals surface area contributed by atoms with Gasteiger partial charge in [-0.05, 0) is 31.6 Å². The summed E-state index contributed by atoms with van der Waals surface area (Å²) in [6, 6.07) is 0. The quantitative estimate of drug-likeness (QED) is 0.767. The second-order valence-corrected chi connectivity index (χ2v) is 5.90.